The first-order valence-corrected chi connectivity index (χ1v) is 7.87. The molecule has 1 unspecified atom stereocenters. The van der Waals surface area contributed by atoms with Gasteiger partial charge in [0.1, 0.15) is 0 Å². The van der Waals surface area contributed by atoms with Crippen molar-refractivity contribution < 1.29 is 8.85 Å². The maximum absolute atomic E-state index is 6.03. The van der Waals surface area contributed by atoms with E-state index < -0.39 is 9.28 Å². The second-order valence-corrected chi connectivity index (χ2v) is 6.05. The molecule has 0 saturated carbocycles. The van der Waals surface area contributed by atoms with Crippen LogP contribution in [0.15, 0.2) is 24.3 Å². The topological polar surface area (TPSA) is 18.5 Å². The fraction of sp³-hybridized carbons (Fsp3) is 0.538. The third kappa shape index (κ3) is 4.43. The fourth-order valence-electron chi connectivity index (χ4n) is 1.79. The maximum atomic E-state index is 6.03. The van der Waals surface area contributed by atoms with Crippen LogP contribution in [0.3, 0.4) is 0 Å². The van der Waals surface area contributed by atoms with E-state index in [-0.39, 0.29) is 0 Å². The van der Waals surface area contributed by atoms with Crippen molar-refractivity contribution in [2.75, 3.05) is 13.2 Å². The van der Waals surface area contributed by atoms with E-state index in [1.54, 1.807) is 0 Å². The molecule has 0 bridgehead atoms. The number of hydrogen-bond donors (Lipinski definition) is 0. The van der Waals surface area contributed by atoms with Gasteiger partial charge >= 0.3 is 9.28 Å². The van der Waals surface area contributed by atoms with Crippen molar-refractivity contribution in [1.82, 2.24) is 0 Å². The molecule has 1 atom stereocenters. The molecule has 17 heavy (non-hydrogen) atoms. The summed E-state index contributed by atoms with van der Waals surface area (Å²) < 4.78 is 11.5. The lowest BCUT2D eigenvalue weighted by molar-refractivity contribution is 0.204. The number of halogens is 1. The van der Waals surface area contributed by atoms with E-state index >= 15 is 0 Å². The normalized spacial score (nSPS) is 13.0. The van der Waals surface area contributed by atoms with Crippen LogP contribution in [0.4, 0.5) is 0 Å². The Morgan fingerprint density at radius 2 is 1.82 bits per heavy atom. The van der Waals surface area contributed by atoms with Gasteiger partial charge in [0.2, 0.25) is 0 Å². The van der Waals surface area contributed by atoms with Gasteiger partial charge in [-0.05, 0) is 38.0 Å². The minimum atomic E-state index is -1.26. The van der Waals surface area contributed by atoms with Crippen molar-refractivity contribution in [2.45, 2.75) is 32.7 Å². The van der Waals surface area contributed by atoms with E-state index in [9.17, 15) is 0 Å². The van der Waals surface area contributed by atoms with E-state index in [4.69, 9.17) is 20.5 Å². The van der Waals surface area contributed by atoms with Crippen molar-refractivity contribution >= 4 is 20.9 Å². The summed E-state index contributed by atoms with van der Waals surface area (Å²) in [5, 5.41) is 0.773. The van der Waals surface area contributed by atoms with E-state index in [1.807, 2.05) is 32.0 Å². The highest BCUT2D eigenvalue weighted by molar-refractivity contribution is 6.46. The minimum absolute atomic E-state index is 0.332. The second-order valence-electron chi connectivity index (χ2n) is 3.70. The smallest absolute Gasteiger partial charge is 0.392 e. The van der Waals surface area contributed by atoms with Crippen LogP contribution in [0.1, 0.15) is 38.3 Å². The molecule has 0 aliphatic rings. The largest absolute Gasteiger partial charge is 0.393 e. The zero-order valence-corrected chi connectivity index (χ0v) is 12.5. The molecule has 0 aromatic heterocycles. The molecule has 0 N–H and O–H groups in total. The highest BCUT2D eigenvalue weighted by Gasteiger charge is 2.28. The molecule has 0 aliphatic heterocycles. The van der Waals surface area contributed by atoms with E-state index in [0.29, 0.717) is 18.8 Å². The van der Waals surface area contributed by atoms with Gasteiger partial charge in [-0.1, -0.05) is 30.7 Å². The molecule has 2 nitrogen and oxygen atoms in total. The summed E-state index contributed by atoms with van der Waals surface area (Å²) in [5.74, 6) is 0. The molecule has 0 aliphatic carbocycles. The molecular formula is C13H20ClO2Si. The van der Waals surface area contributed by atoms with Crippen LogP contribution in [0.2, 0.25) is 5.02 Å². The fourth-order valence-corrected chi connectivity index (χ4v) is 3.83. The SMILES string of the molecule is CCO[Si](OCC)C(CC)c1cccc(Cl)c1. The first-order valence-electron chi connectivity index (χ1n) is 6.10. The van der Waals surface area contributed by atoms with Gasteiger partial charge in [0.05, 0.1) is 0 Å². The Balaban J connectivity index is 2.87. The van der Waals surface area contributed by atoms with Crippen LogP contribution in [-0.2, 0) is 8.85 Å². The predicted molar refractivity (Wildman–Crippen MR) is 73.5 cm³/mol. The summed E-state index contributed by atoms with van der Waals surface area (Å²) >= 11 is 6.03. The van der Waals surface area contributed by atoms with Crippen molar-refractivity contribution in [3.8, 4) is 0 Å². The first kappa shape index (κ1) is 14.7. The van der Waals surface area contributed by atoms with Gasteiger partial charge in [0.15, 0.2) is 0 Å². The van der Waals surface area contributed by atoms with Gasteiger partial charge in [-0.2, -0.15) is 0 Å². The average molecular weight is 272 g/mol. The molecule has 4 heteroatoms. The van der Waals surface area contributed by atoms with Crippen LogP contribution in [0, 0.1) is 0 Å². The molecule has 0 spiro atoms. The van der Waals surface area contributed by atoms with E-state index in [2.05, 4.69) is 13.0 Å². The summed E-state index contributed by atoms with van der Waals surface area (Å²) in [5.41, 5.74) is 1.55. The lowest BCUT2D eigenvalue weighted by Gasteiger charge is -2.22. The predicted octanol–water partition coefficient (Wildman–Crippen LogP) is 3.93. The van der Waals surface area contributed by atoms with Crippen molar-refractivity contribution in [1.29, 1.82) is 0 Å². The molecule has 1 radical (unpaired) electrons. The lowest BCUT2D eigenvalue weighted by atomic mass is 10.1. The summed E-state index contributed by atoms with van der Waals surface area (Å²) in [6.07, 6.45) is 1.01. The number of benzene rings is 1. The highest BCUT2D eigenvalue weighted by Crippen LogP contribution is 2.26. The van der Waals surface area contributed by atoms with Crippen LogP contribution in [-0.4, -0.2) is 22.5 Å². The molecule has 1 rings (SSSR count). The van der Waals surface area contributed by atoms with Crippen molar-refractivity contribution in [2.24, 2.45) is 0 Å². The Labute approximate surface area is 111 Å². The summed E-state index contributed by atoms with van der Waals surface area (Å²) in [4.78, 5) is 0. The third-order valence-electron chi connectivity index (χ3n) is 2.52. The van der Waals surface area contributed by atoms with E-state index in [0.717, 1.165) is 11.4 Å². The van der Waals surface area contributed by atoms with Gasteiger partial charge in [-0.3, -0.25) is 0 Å². The van der Waals surface area contributed by atoms with Gasteiger partial charge in [-0.25, -0.2) is 0 Å². The summed E-state index contributed by atoms with van der Waals surface area (Å²) in [7, 11) is -1.26. The molecule has 95 valence electrons. The Kier molecular flexibility index (Phi) is 6.81. The Morgan fingerprint density at radius 1 is 1.18 bits per heavy atom. The summed E-state index contributed by atoms with van der Waals surface area (Å²) in [6, 6.07) is 7.99. The van der Waals surface area contributed by atoms with Crippen LogP contribution < -0.4 is 0 Å². The monoisotopic (exact) mass is 271 g/mol. The van der Waals surface area contributed by atoms with Crippen LogP contribution in [0.25, 0.3) is 0 Å². The maximum Gasteiger partial charge on any atom is 0.392 e. The van der Waals surface area contributed by atoms with E-state index in [1.165, 1.54) is 5.56 Å². The van der Waals surface area contributed by atoms with Gasteiger partial charge in [0.25, 0.3) is 0 Å². The van der Waals surface area contributed by atoms with Gasteiger partial charge in [-0.15, -0.1) is 0 Å². The minimum Gasteiger partial charge on any atom is -0.393 e. The molecule has 0 heterocycles. The third-order valence-corrected chi connectivity index (χ3v) is 5.21. The average Bonchev–Trinajstić information content (AvgIpc) is 2.31. The standard InChI is InChI=1S/C13H20ClO2Si/c1-4-13(17(15-5-2)16-6-3)11-8-7-9-12(14)10-11/h7-10,13H,4-6H2,1-3H3. The second kappa shape index (κ2) is 7.87. The Hall–Kier alpha value is -0.353. The molecule has 0 saturated heterocycles. The molecule has 1 aromatic rings. The molecule has 0 fully saturated rings. The van der Waals surface area contributed by atoms with Crippen molar-refractivity contribution in [3.05, 3.63) is 34.9 Å². The van der Waals surface area contributed by atoms with Crippen LogP contribution >= 0.6 is 11.6 Å². The van der Waals surface area contributed by atoms with Gasteiger partial charge in [0, 0.05) is 23.8 Å². The number of rotatable bonds is 7. The molecular weight excluding hydrogens is 252 g/mol. The number of hydrogen-bond acceptors (Lipinski definition) is 2. The van der Waals surface area contributed by atoms with Crippen LogP contribution in [0.5, 0.6) is 0 Å². The zero-order valence-electron chi connectivity index (χ0n) is 10.7. The quantitative estimate of drug-likeness (QED) is 0.700. The van der Waals surface area contributed by atoms with Crippen molar-refractivity contribution in [3.63, 3.8) is 0 Å². The summed E-state index contributed by atoms with van der Waals surface area (Å²) in [6.45, 7) is 7.58. The molecule has 0 amide bonds. The zero-order chi connectivity index (χ0) is 12.7. The molecule has 1 aromatic carbocycles. The Bertz CT molecular complexity index is 327. The first-order chi connectivity index (χ1) is 8.22. The highest BCUT2D eigenvalue weighted by atomic mass is 35.5. The lowest BCUT2D eigenvalue weighted by Crippen LogP contribution is -2.31. The van der Waals surface area contributed by atoms with Gasteiger partial charge < -0.3 is 8.85 Å². The Morgan fingerprint density at radius 3 is 2.29 bits per heavy atom.